The van der Waals surface area contributed by atoms with Gasteiger partial charge in [0.05, 0.1) is 6.04 Å². The molecule has 2 amide bonds. The molecule has 1 aromatic heterocycles. The quantitative estimate of drug-likeness (QED) is 0.840. The van der Waals surface area contributed by atoms with Crippen molar-refractivity contribution in [2.45, 2.75) is 52.2 Å². The summed E-state index contributed by atoms with van der Waals surface area (Å²) in [6, 6.07) is 3.72. The number of carbonyl (C=O) groups is 2. The molecule has 1 atom stereocenters. The van der Waals surface area contributed by atoms with Crippen LogP contribution in [0, 0.1) is 0 Å². The van der Waals surface area contributed by atoms with Gasteiger partial charge in [-0.25, -0.2) is 9.78 Å². The number of hydrogen-bond donors (Lipinski definition) is 0. The van der Waals surface area contributed by atoms with Crippen LogP contribution in [0.1, 0.15) is 52.1 Å². The van der Waals surface area contributed by atoms with Crippen LogP contribution in [0.25, 0.3) is 0 Å². The van der Waals surface area contributed by atoms with Crippen LogP contribution in [0.15, 0.2) is 18.3 Å². The Bertz CT molecular complexity index is 595. The van der Waals surface area contributed by atoms with E-state index in [-0.39, 0.29) is 11.9 Å². The number of carbonyl (C=O) groups excluding carboxylic acids is 2. The van der Waals surface area contributed by atoms with Crippen LogP contribution in [0.4, 0.5) is 10.6 Å². The SMILES string of the molecule is CC(=O)N1CCC[C@@H]1c1cccnc1N(C)C(=O)OC(C)(C)C. The zero-order valence-electron chi connectivity index (χ0n) is 14.5. The normalized spacial score (nSPS) is 18.0. The monoisotopic (exact) mass is 319 g/mol. The average molecular weight is 319 g/mol. The van der Waals surface area contributed by atoms with Crippen molar-refractivity contribution in [3.8, 4) is 0 Å². The second kappa shape index (κ2) is 6.56. The van der Waals surface area contributed by atoms with Crippen molar-refractivity contribution in [1.82, 2.24) is 9.88 Å². The first kappa shape index (κ1) is 17.2. The molecular weight excluding hydrogens is 294 g/mol. The molecule has 0 saturated carbocycles. The standard InChI is InChI=1S/C17H25N3O3/c1-12(21)20-11-7-9-14(20)13-8-6-10-18-15(13)19(5)16(22)23-17(2,3)4/h6,8,10,14H,7,9,11H2,1-5H3/t14-/m1/s1. The van der Waals surface area contributed by atoms with Gasteiger partial charge >= 0.3 is 6.09 Å². The Labute approximate surface area is 137 Å². The molecule has 1 aromatic rings. The summed E-state index contributed by atoms with van der Waals surface area (Å²) in [6.07, 6.45) is 3.02. The second-order valence-corrected chi connectivity index (χ2v) is 6.83. The molecule has 23 heavy (non-hydrogen) atoms. The fourth-order valence-corrected chi connectivity index (χ4v) is 2.83. The summed E-state index contributed by atoms with van der Waals surface area (Å²) in [4.78, 5) is 31.8. The highest BCUT2D eigenvalue weighted by Gasteiger charge is 2.32. The fraction of sp³-hybridized carbons (Fsp3) is 0.588. The fourth-order valence-electron chi connectivity index (χ4n) is 2.83. The number of ether oxygens (including phenoxy) is 1. The Morgan fingerprint density at radius 1 is 1.39 bits per heavy atom. The van der Waals surface area contributed by atoms with Crippen molar-refractivity contribution in [1.29, 1.82) is 0 Å². The Morgan fingerprint density at radius 3 is 2.70 bits per heavy atom. The lowest BCUT2D eigenvalue weighted by molar-refractivity contribution is -0.129. The Morgan fingerprint density at radius 2 is 2.09 bits per heavy atom. The van der Waals surface area contributed by atoms with E-state index >= 15 is 0 Å². The van der Waals surface area contributed by atoms with Crippen LogP contribution in [0.5, 0.6) is 0 Å². The van der Waals surface area contributed by atoms with E-state index in [2.05, 4.69) is 4.98 Å². The Balaban J connectivity index is 2.30. The number of rotatable bonds is 2. The molecule has 1 aliphatic rings. The maximum absolute atomic E-state index is 12.3. The Kier molecular flexibility index (Phi) is 4.92. The number of aromatic nitrogens is 1. The first-order valence-electron chi connectivity index (χ1n) is 7.89. The minimum atomic E-state index is -0.570. The van der Waals surface area contributed by atoms with Crippen LogP contribution >= 0.6 is 0 Å². The largest absolute Gasteiger partial charge is 0.443 e. The second-order valence-electron chi connectivity index (χ2n) is 6.83. The molecule has 0 spiro atoms. The molecule has 2 rings (SSSR count). The highest BCUT2D eigenvalue weighted by atomic mass is 16.6. The van der Waals surface area contributed by atoms with E-state index in [1.165, 1.54) is 4.90 Å². The van der Waals surface area contributed by atoms with Gasteiger partial charge in [0.25, 0.3) is 0 Å². The molecule has 126 valence electrons. The number of hydrogen-bond acceptors (Lipinski definition) is 4. The highest BCUT2D eigenvalue weighted by molar-refractivity contribution is 5.87. The van der Waals surface area contributed by atoms with E-state index in [1.54, 1.807) is 20.2 Å². The smallest absolute Gasteiger partial charge is 0.415 e. The summed E-state index contributed by atoms with van der Waals surface area (Å²) in [5.41, 5.74) is 0.313. The molecule has 0 aliphatic carbocycles. The van der Waals surface area contributed by atoms with Crippen molar-refractivity contribution in [2.24, 2.45) is 0 Å². The van der Waals surface area contributed by atoms with Gasteiger partial charge in [0, 0.05) is 32.3 Å². The van der Waals surface area contributed by atoms with E-state index < -0.39 is 11.7 Å². The maximum Gasteiger partial charge on any atom is 0.415 e. The highest BCUT2D eigenvalue weighted by Crippen LogP contribution is 2.36. The van der Waals surface area contributed by atoms with Crippen LogP contribution < -0.4 is 4.90 Å². The minimum absolute atomic E-state index is 0.0407. The third kappa shape index (κ3) is 4.00. The lowest BCUT2D eigenvalue weighted by atomic mass is 10.0. The van der Waals surface area contributed by atoms with E-state index in [1.807, 2.05) is 37.8 Å². The van der Waals surface area contributed by atoms with Gasteiger partial charge in [-0.3, -0.25) is 9.69 Å². The molecule has 0 aromatic carbocycles. The molecule has 1 saturated heterocycles. The molecule has 0 bridgehead atoms. The minimum Gasteiger partial charge on any atom is -0.443 e. The van der Waals surface area contributed by atoms with Crippen molar-refractivity contribution in [2.75, 3.05) is 18.5 Å². The van der Waals surface area contributed by atoms with E-state index in [0.29, 0.717) is 5.82 Å². The zero-order chi connectivity index (χ0) is 17.2. The van der Waals surface area contributed by atoms with Gasteiger partial charge in [0.1, 0.15) is 11.4 Å². The van der Waals surface area contributed by atoms with E-state index in [9.17, 15) is 9.59 Å². The number of nitrogens with zero attached hydrogens (tertiary/aromatic N) is 3. The van der Waals surface area contributed by atoms with Gasteiger partial charge in [-0.15, -0.1) is 0 Å². The molecule has 6 heteroatoms. The number of amides is 2. The topological polar surface area (TPSA) is 62.7 Å². The number of pyridine rings is 1. The molecule has 6 nitrogen and oxygen atoms in total. The molecule has 1 aliphatic heterocycles. The van der Waals surface area contributed by atoms with Gasteiger partial charge in [-0.1, -0.05) is 6.07 Å². The van der Waals surface area contributed by atoms with Gasteiger partial charge in [-0.05, 0) is 39.7 Å². The zero-order valence-corrected chi connectivity index (χ0v) is 14.5. The summed E-state index contributed by atoms with van der Waals surface area (Å²) in [5.74, 6) is 0.585. The lowest BCUT2D eigenvalue weighted by Gasteiger charge is -2.29. The first-order valence-corrected chi connectivity index (χ1v) is 7.89. The van der Waals surface area contributed by atoms with Crippen molar-refractivity contribution in [3.63, 3.8) is 0 Å². The number of likely N-dealkylation sites (tertiary alicyclic amines) is 1. The molecule has 0 radical (unpaired) electrons. The Hall–Kier alpha value is -2.11. The third-order valence-corrected chi connectivity index (χ3v) is 3.82. The lowest BCUT2D eigenvalue weighted by Crippen LogP contribution is -2.36. The summed E-state index contributed by atoms with van der Waals surface area (Å²) in [6.45, 7) is 7.79. The predicted octanol–water partition coefficient (Wildman–Crippen LogP) is 3.14. The van der Waals surface area contributed by atoms with Gasteiger partial charge in [-0.2, -0.15) is 0 Å². The van der Waals surface area contributed by atoms with Crippen LogP contribution in [0.2, 0.25) is 0 Å². The summed E-state index contributed by atoms with van der Waals surface area (Å²) >= 11 is 0. The molecular formula is C17H25N3O3. The van der Waals surface area contributed by atoms with Gasteiger partial charge < -0.3 is 9.64 Å². The van der Waals surface area contributed by atoms with Gasteiger partial charge in [0.15, 0.2) is 0 Å². The average Bonchev–Trinajstić information content (AvgIpc) is 2.94. The van der Waals surface area contributed by atoms with Crippen LogP contribution in [0.3, 0.4) is 0 Å². The molecule has 1 fully saturated rings. The third-order valence-electron chi connectivity index (χ3n) is 3.82. The summed E-state index contributed by atoms with van der Waals surface area (Å²) < 4.78 is 5.41. The van der Waals surface area contributed by atoms with E-state index in [0.717, 1.165) is 24.9 Å². The van der Waals surface area contributed by atoms with Crippen molar-refractivity contribution >= 4 is 17.8 Å². The van der Waals surface area contributed by atoms with Gasteiger partial charge in [0.2, 0.25) is 5.91 Å². The molecule has 2 heterocycles. The number of anilines is 1. The van der Waals surface area contributed by atoms with Crippen LogP contribution in [-0.4, -0.2) is 41.1 Å². The summed E-state index contributed by atoms with van der Waals surface area (Å²) in [5, 5.41) is 0. The predicted molar refractivity (Wildman–Crippen MR) is 88.2 cm³/mol. The van der Waals surface area contributed by atoms with Crippen LogP contribution in [-0.2, 0) is 9.53 Å². The van der Waals surface area contributed by atoms with Crippen molar-refractivity contribution in [3.05, 3.63) is 23.9 Å². The molecule has 0 N–H and O–H groups in total. The maximum atomic E-state index is 12.3. The summed E-state index contributed by atoms with van der Waals surface area (Å²) in [7, 11) is 1.65. The first-order chi connectivity index (χ1) is 10.7. The molecule has 0 unspecified atom stereocenters. The van der Waals surface area contributed by atoms with Crippen molar-refractivity contribution < 1.29 is 14.3 Å². The van der Waals surface area contributed by atoms with E-state index in [4.69, 9.17) is 4.74 Å².